The van der Waals surface area contributed by atoms with Crippen LogP contribution in [0.5, 0.6) is 0 Å². The van der Waals surface area contributed by atoms with E-state index in [9.17, 15) is 14.4 Å². The lowest BCUT2D eigenvalue weighted by Gasteiger charge is -2.30. The Morgan fingerprint density at radius 1 is 1.11 bits per heavy atom. The summed E-state index contributed by atoms with van der Waals surface area (Å²) >= 11 is 0. The van der Waals surface area contributed by atoms with E-state index in [4.69, 9.17) is 14.6 Å². The summed E-state index contributed by atoms with van der Waals surface area (Å²) in [5, 5.41) is 8.57. The number of aliphatic carboxylic acids is 1. The highest BCUT2D eigenvalue weighted by atomic mass is 16.5. The van der Waals surface area contributed by atoms with Gasteiger partial charge in [-0.2, -0.15) is 0 Å². The number of carbonyl (C=O) groups excluding carboxylic acids is 2. The predicted molar refractivity (Wildman–Crippen MR) is 102 cm³/mol. The zero-order valence-electron chi connectivity index (χ0n) is 15.7. The van der Waals surface area contributed by atoms with Crippen LogP contribution in [0.4, 0.5) is 0 Å². The molecule has 1 N–H and O–H groups in total. The second kappa shape index (κ2) is 8.87. The largest absolute Gasteiger partial charge is 0.485 e. The maximum absolute atomic E-state index is 12.9. The molecule has 0 aromatic carbocycles. The number of carboxylic acids is 1. The van der Waals surface area contributed by atoms with Crippen LogP contribution in [0.15, 0.2) is 59.9 Å². The quantitative estimate of drug-likeness (QED) is 0.455. The first-order valence-electron chi connectivity index (χ1n) is 9.55. The van der Waals surface area contributed by atoms with E-state index in [0.29, 0.717) is 11.3 Å². The summed E-state index contributed by atoms with van der Waals surface area (Å²) in [4.78, 5) is 35.8. The van der Waals surface area contributed by atoms with Crippen LogP contribution >= 0.6 is 0 Å². The normalized spacial score (nSPS) is 30.8. The Hall–Kier alpha value is -2.89. The van der Waals surface area contributed by atoms with Crippen molar-refractivity contribution in [1.29, 1.82) is 0 Å². The third kappa shape index (κ3) is 4.50. The summed E-state index contributed by atoms with van der Waals surface area (Å²) in [6.07, 6.45) is 15.0. The zero-order chi connectivity index (χ0) is 20.1. The number of carbonyl (C=O) groups is 3. The van der Waals surface area contributed by atoms with Crippen LogP contribution in [-0.4, -0.2) is 35.0 Å². The molecule has 0 amide bonds. The first kappa shape index (κ1) is 19.9. The zero-order valence-corrected chi connectivity index (χ0v) is 15.7. The lowest BCUT2D eigenvalue weighted by atomic mass is 9.74. The number of carboxylic acid groups (broad SMARTS) is 1. The molecule has 2 aliphatic heterocycles. The van der Waals surface area contributed by atoms with Crippen molar-refractivity contribution in [3.05, 3.63) is 59.9 Å². The number of esters is 1. The predicted octanol–water partition coefficient (Wildman–Crippen LogP) is 3.27. The van der Waals surface area contributed by atoms with E-state index in [1.54, 1.807) is 36.5 Å². The van der Waals surface area contributed by atoms with Crippen molar-refractivity contribution in [3.63, 3.8) is 0 Å². The Morgan fingerprint density at radius 2 is 1.86 bits per heavy atom. The molecule has 0 saturated carbocycles. The molecule has 0 aromatic rings. The summed E-state index contributed by atoms with van der Waals surface area (Å²) in [5.41, 5.74) is 0.423. The summed E-state index contributed by atoms with van der Waals surface area (Å²) in [7, 11) is 0. The van der Waals surface area contributed by atoms with Crippen LogP contribution < -0.4 is 0 Å². The van der Waals surface area contributed by atoms with Crippen LogP contribution in [0.1, 0.15) is 32.6 Å². The van der Waals surface area contributed by atoms with Gasteiger partial charge in [0.2, 0.25) is 0 Å². The molecule has 1 saturated heterocycles. The molecule has 28 heavy (non-hydrogen) atoms. The van der Waals surface area contributed by atoms with Gasteiger partial charge in [0.05, 0.1) is 11.7 Å². The Balaban J connectivity index is 1.90. The molecular formula is C22H24O6. The average Bonchev–Trinajstić information content (AvgIpc) is 3.01. The third-order valence-corrected chi connectivity index (χ3v) is 5.19. The molecule has 6 nitrogen and oxygen atoms in total. The van der Waals surface area contributed by atoms with Crippen molar-refractivity contribution in [2.45, 2.75) is 44.8 Å². The SMILES string of the molecule is C[C@H]1CCCC[C@H]2C(=O)C=C[C@H]3OC(/C=C/C=C/C=C/C(=O)O)=C(C(=O)O1)[C@@H]32. The Kier molecular flexibility index (Phi) is 6.29. The van der Waals surface area contributed by atoms with Gasteiger partial charge in [0.15, 0.2) is 5.78 Å². The molecule has 0 unspecified atom stereocenters. The van der Waals surface area contributed by atoms with Gasteiger partial charge in [-0.1, -0.05) is 30.7 Å². The lowest BCUT2D eigenvalue weighted by molar-refractivity contribution is -0.145. The van der Waals surface area contributed by atoms with Gasteiger partial charge < -0.3 is 14.6 Å². The maximum atomic E-state index is 12.9. The van der Waals surface area contributed by atoms with Gasteiger partial charge in [0, 0.05) is 17.9 Å². The Bertz CT molecular complexity index is 798. The number of ether oxygens (including phenoxy) is 2. The number of hydrogen-bond donors (Lipinski definition) is 1. The Morgan fingerprint density at radius 3 is 2.64 bits per heavy atom. The molecular weight excluding hydrogens is 360 g/mol. The molecule has 0 radical (unpaired) electrons. The molecule has 2 heterocycles. The van der Waals surface area contributed by atoms with Gasteiger partial charge >= 0.3 is 11.9 Å². The number of ketones is 1. The highest BCUT2D eigenvalue weighted by Gasteiger charge is 2.47. The van der Waals surface area contributed by atoms with Gasteiger partial charge in [-0.3, -0.25) is 4.79 Å². The van der Waals surface area contributed by atoms with Crippen molar-refractivity contribution in [1.82, 2.24) is 0 Å². The minimum atomic E-state index is -1.03. The van der Waals surface area contributed by atoms with Crippen LogP contribution in [-0.2, 0) is 23.9 Å². The molecule has 0 aromatic heterocycles. The summed E-state index contributed by atoms with van der Waals surface area (Å²) in [5.74, 6) is -1.61. The van der Waals surface area contributed by atoms with Crippen molar-refractivity contribution in [2.75, 3.05) is 0 Å². The van der Waals surface area contributed by atoms with Crippen LogP contribution in [0, 0.1) is 11.8 Å². The van der Waals surface area contributed by atoms with Crippen molar-refractivity contribution in [2.24, 2.45) is 11.8 Å². The third-order valence-electron chi connectivity index (χ3n) is 5.19. The average molecular weight is 384 g/mol. The highest BCUT2D eigenvalue weighted by molar-refractivity contribution is 5.97. The van der Waals surface area contributed by atoms with E-state index >= 15 is 0 Å². The van der Waals surface area contributed by atoms with Gasteiger partial charge in [0.1, 0.15) is 11.9 Å². The van der Waals surface area contributed by atoms with E-state index in [-0.39, 0.29) is 29.8 Å². The van der Waals surface area contributed by atoms with Crippen LogP contribution in [0.3, 0.4) is 0 Å². The summed E-state index contributed by atoms with van der Waals surface area (Å²) in [6, 6.07) is 0. The first-order chi connectivity index (χ1) is 13.5. The van der Waals surface area contributed by atoms with Gasteiger partial charge in [-0.15, -0.1) is 0 Å². The van der Waals surface area contributed by atoms with Crippen molar-refractivity contribution < 1.29 is 29.0 Å². The molecule has 0 spiro atoms. The fourth-order valence-corrected chi connectivity index (χ4v) is 3.89. The maximum Gasteiger partial charge on any atom is 0.338 e. The van der Waals surface area contributed by atoms with Gasteiger partial charge in [-0.05, 0) is 44.4 Å². The molecule has 4 atom stereocenters. The van der Waals surface area contributed by atoms with E-state index in [0.717, 1.165) is 31.8 Å². The van der Waals surface area contributed by atoms with Crippen molar-refractivity contribution in [3.8, 4) is 0 Å². The second-order valence-corrected chi connectivity index (χ2v) is 7.20. The highest BCUT2D eigenvalue weighted by Crippen LogP contribution is 2.43. The lowest BCUT2D eigenvalue weighted by Crippen LogP contribution is -2.37. The van der Waals surface area contributed by atoms with Gasteiger partial charge in [-0.25, -0.2) is 9.59 Å². The van der Waals surface area contributed by atoms with Crippen molar-refractivity contribution >= 4 is 17.7 Å². The second-order valence-electron chi connectivity index (χ2n) is 7.20. The Labute approximate surface area is 163 Å². The molecule has 1 fully saturated rings. The molecule has 3 rings (SSSR count). The van der Waals surface area contributed by atoms with E-state index in [1.165, 1.54) is 6.08 Å². The fraction of sp³-hybridized carbons (Fsp3) is 0.409. The van der Waals surface area contributed by atoms with E-state index in [1.807, 2.05) is 6.92 Å². The van der Waals surface area contributed by atoms with E-state index < -0.39 is 11.9 Å². The van der Waals surface area contributed by atoms with Crippen LogP contribution in [0.25, 0.3) is 0 Å². The number of allylic oxidation sites excluding steroid dienone is 6. The molecule has 1 aliphatic carbocycles. The topological polar surface area (TPSA) is 89.9 Å². The van der Waals surface area contributed by atoms with Gasteiger partial charge in [0.25, 0.3) is 0 Å². The molecule has 0 bridgehead atoms. The number of hydrogen-bond acceptors (Lipinski definition) is 5. The monoisotopic (exact) mass is 384 g/mol. The summed E-state index contributed by atoms with van der Waals surface area (Å²) < 4.78 is 11.6. The summed E-state index contributed by atoms with van der Waals surface area (Å²) in [6.45, 7) is 1.88. The van der Waals surface area contributed by atoms with Crippen LogP contribution in [0.2, 0.25) is 0 Å². The fourth-order valence-electron chi connectivity index (χ4n) is 3.89. The molecule has 3 aliphatic rings. The number of cyclic esters (lactones) is 1. The minimum absolute atomic E-state index is 0.0349. The molecule has 148 valence electrons. The standard InChI is InChI=1S/C22H24O6/c1-14-8-6-7-9-15-16(23)12-13-18-20(15)21(22(26)27-14)17(28-18)10-4-2-3-5-11-19(24)25/h2-5,10-15,18,20H,6-9H2,1H3,(H,24,25)/b3-2+,10-4+,11-5+/t14-,15-,18+,20+/m0/s1. The first-order valence-corrected chi connectivity index (χ1v) is 9.55. The molecule has 6 heteroatoms. The smallest absolute Gasteiger partial charge is 0.338 e. The minimum Gasteiger partial charge on any atom is -0.485 e. The number of rotatable bonds is 4. The van der Waals surface area contributed by atoms with E-state index in [2.05, 4.69) is 0 Å².